The number of anilines is 2. The van der Waals surface area contributed by atoms with Crippen molar-refractivity contribution in [3.05, 3.63) is 24.3 Å². The van der Waals surface area contributed by atoms with Crippen molar-refractivity contribution in [2.45, 2.75) is 31.4 Å². The molecule has 1 aliphatic heterocycles. The smallest absolute Gasteiger partial charge is 0.242 e. The second-order valence-corrected chi connectivity index (χ2v) is 6.43. The quantitative estimate of drug-likeness (QED) is 0.854. The lowest BCUT2D eigenvalue weighted by Gasteiger charge is -2.30. The summed E-state index contributed by atoms with van der Waals surface area (Å²) in [5, 5.41) is 0. The first-order valence-electron chi connectivity index (χ1n) is 6.38. The van der Waals surface area contributed by atoms with Crippen molar-refractivity contribution in [3.8, 4) is 0 Å². The van der Waals surface area contributed by atoms with E-state index in [0.29, 0.717) is 12.2 Å². The molecular weight excluding hydrogens is 244 g/mol. The van der Waals surface area contributed by atoms with E-state index in [-0.39, 0.29) is 10.7 Å². The zero-order valence-electron chi connectivity index (χ0n) is 11.0. The van der Waals surface area contributed by atoms with Gasteiger partial charge in [-0.15, -0.1) is 11.8 Å². The Morgan fingerprint density at radius 3 is 2.89 bits per heavy atom. The standard InChI is InChI=1S/C14H20N2OS/c1-3-16(12-7-4-6-11(15)10-12)13(17)14(2)8-5-9-18-14/h4,6-7,10H,3,5,8-9,15H2,1-2H3. The maximum atomic E-state index is 12.7. The third kappa shape index (κ3) is 2.48. The average Bonchev–Trinajstić information content (AvgIpc) is 2.78. The Morgan fingerprint density at radius 1 is 1.56 bits per heavy atom. The predicted molar refractivity (Wildman–Crippen MR) is 79.0 cm³/mol. The van der Waals surface area contributed by atoms with E-state index in [0.717, 1.165) is 24.3 Å². The van der Waals surface area contributed by atoms with E-state index in [1.54, 1.807) is 11.8 Å². The molecule has 98 valence electrons. The SMILES string of the molecule is CCN(C(=O)C1(C)CCCS1)c1cccc(N)c1. The van der Waals surface area contributed by atoms with Crippen LogP contribution < -0.4 is 10.6 Å². The maximum Gasteiger partial charge on any atom is 0.242 e. The Bertz CT molecular complexity index is 441. The number of rotatable bonds is 3. The lowest BCUT2D eigenvalue weighted by molar-refractivity contribution is -0.120. The molecule has 2 rings (SSSR count). The van der Waals surface area contributed by atoms with Crippen LogP contribution in [0.15, 0.2) is 24.3 Å². The van der Waals surface area contributed by atoms with Gasteiger partial charge in [-0.2, -0.15) is 0 Å². The van der Waals surface area contributed by atoms with Crippen LogP contribution in [0.2, 0.25) is 0 Å². The second-order valence-electron chi connectivity index (χ2n) is 4.83. The van der Waals surface area contributed by atoms with Crippen LogP contribution in [0.5, 0.6) is 0 Å². The molecule has 1 amide bonds. The van der Waals surface area contributed by atoms with Crippen molar-refractivity contribution in [2.24, 2.45) is 0 Å². The van der Waals surface area contributed by atoms with Crippen LogP contribution in [-0.4, -0.2) is 23.0 Å². The number of nitrogens with zero attached hydrogens (tertiary/aromatic N) is 1. The maximum absolute atomic E-state index is 12.7. The lowest BCUT2D eigenvalue weighted by Crippen LogP contribution is -2.44. The summed E-state index contributed by atoms with van der Waals surface area (Å²) in [5.41, 5.74) is 7.39. The summed E-state index contributed by atoms with van der Waals surface area (Å²) in [6.45, 7) is 4.74. The number of nitrogens with two attached hydrogens (primary N) is 1. The molecule has 2 N–H and O–H groups in total. The highest BCUT2D eigenvalue weighted by atomic mass is 32.2. The van der Waals surface area contributed by atoms with Crippen LogP contribution in [-0.2, 0) is 4.79 Å². The predicted octanol–water partition coefficient (Wildman–Crippen LogP) is 2.91. The Kier molecular flexibility index (Phi) is 3.85. The topological polar surface area (TPSA) is 46.3 Å². The first kappa shape index (κ1) is 13.3. The zero-order chi connectivity index (χ0) is 13.2. The molecule has 1 heterocycles. The molecule has 0 saturated carbocycles. The van der Waals surface area contributed by atoms with Gasteiger partial charge in [-0.05, 0) is 50.6 Å². The van der Waals surface area contributed by atoms with Gasteiger partial charge >= 0.3 is 0 Å². The summed E-state index contributed by atoms with van der Waals surface area (Å²) in [7, 11) is 0. The van der Waals surface area contributed by atoms with E-state index in [1.807, 2.05) is 36.1 Å². The molecule has 1 atom stereocenters. The number of carbonyl (C=O) groups excluding carboxylic acids is 1. The Hall–Kier alpha value is -1.16. The van der Waals surface area contributed by atoms with Gasteiger partial charge in [0.05, 0.1) is 4.75 Å². The van der Waals surface area contributed by atoms with Gasteiger partial charge < -0.3 is 10.6 Å². The fourth-order valence-electron chi connectivity index (χ4n) is 2.37. The van der Waals surface area contributed by atoms with Crippen LogP contribution in [0, 0.1) is 0 Å². The fraction of sp³-hybridized carbons (Fsp3) is 0.500. The van der Waals surface area contributed by atoms with E-state index in [2.05, 4.69) is 6.92 Å². The summed E-state index contributed by atoms with van der Waals surface area (Å²) in [6.07, 6.45) is 2.09. The van der Waals surface area contributed by atoms with Gasteiger partial charge in [0.25, 0.3) is 0 Å². The number of carbonyl (C=O) groups is 1. The monoisotopic (exact) mass is 264 g/mol. The molecule has 0 aromatic heterocycles. The van der Waals surface area contributed by atoms with E-state index >= 15 is 0 Å². The molecule has 1 fully saturated rings. The third-order valence-electron chi connectivity index (χ3n) is 3.41. The Labute approximate surface area is 113 Å². The summed E-state index contributed by atoms with van der Waals surface area (Å²) in [5.74, 6) is 1.29. The first-order chi connectivity index (χ1) is 8.57. The van der Waals surface area contributed by atoms with Gasteiger partial charge in [0, 0.05) is 17.9 Å². The molecular formula is C14H20N2OS. The molecule has 1 aromatic rings. The fourth-order valence-corrected chi connectivity index (χ4v) is 3.63. The van der Waals surface area contributed by atoms with Gasteiger partial charge in [0.2, 0.25) is 5.91 Å². The molecule has 0 radical (unpaired) electrons. The third-order valence-corrected chi connectivity index (χ3v) is 4.92. The molecule has 4 heteroatoms. The number of hydrogen-bond donors (Lipinski definition) is 1. The number of hydrogen-bond acceptors (Lipinski definition) is 3. The summed E-state index contributed by atoms with van der Waals surface area (Å²) in [6, 6.07) is 7.55. The van der Waals surface area contributed by atoms with E-state index in [9.17, 15) is 4.79 Å². The minimum absolute atomic E-state index is 0.207. The first-order valence-corrected chi connectivity index (χ1v) is 7.37. The molecule has 1 unspecified atom stereocenters. The number of benzene rings is 1. The van der Waals surface area contributed by atoms with Crippen molar-refractivity contribution in [3.63, 3.8) is 0 Å². The number of nitrogen functional groups attached to an aromatic ring is 1. The average molecular weight is 264 g/mol. The normalized spacial score (nSPS) is 23.0. The van der Waals surface area contributed by atoms with Gasteiger partial charge in [0.1, 0.15) is 0 Å². The minimum Gasteiger partial charge on any atom is -0.399 e. The Morgan fingerprint density at radius 2 is 2.33 bits per heavy atom. The molecule has 0 aliphatic carbocycles. The highest BCUT2D eigenvalue weighted by Crippen LogP contribution is 2.40. The Balaban J connectivity index is 2.26. The van der Waals surface area contributed by atoms with Crippen LogP contribution >= 0.6 is 11.8 Å². The van der Waals surface area contributed by atoms with Crippen molar-refractivity contribution in [1.82, 2.24) is 0 Å². The highest BCUT2D eigenvalue weighted by Gasteiger charge is 2.40. The molecule has 3 nitrogen and oxygen atoms in total. The van der Waals surface area contributed by atoms with Crippen LogP contribution in [0.3, 0.4) is 0 Å². The van der Waals surface area contributed by atoms with Gasteiger partial charge in [0.15, 0.2) is 0 Å². The van der Waals surface area contributed by atoms with Crippen molar-refractivity contribution >= 4 is 29.0 Å². The van der Waals surface area contributed by atoms with Crippen molar-refractivity contribution in [2.75, 3.05) is 22.9 Å². The van der Waals surface area contributed by atoms with Gasteiger partial charge in [-0.25, -0.2) is 0 Å². The summed E-state index contributed by atoms with van der Waals surface area (Å²) >= 11 is 1.77. The lowest BCUT2D eigenvalue weighted by atomic mass is 10.0. The van der Waals surface area contributed by atoms with Crippen LogP contribution in [0.25, 0.3) is 0 Å². The molecule has 0 spiro atoms. The summed E-state index contributed by atoms with van der Waals surface area (Å²) < 4.78 is -0.263. The second kappa shape index (κ2) is 5.22. The van der Waals surface area contributed by atoms with Crippen molar-refractivity contribution < 1.29 is 4.79 Å². The molecule has 0 bridgehead atoms. The van der Waals surface area contributed by atoms with Gasteiger partial charge in [-0.3, -0.25) is 4.79 Å². The van der Waals surface area contributed by atoms with Gasteiger partial charge in [-0.1, -0.05) is 6.07 Å². The van der Waals surface area contributed by atoms with E-state index < -0.39 is 0 Å². The molecule has 1 aromatic carbocycles. The molecule has 1 saturated heterocycles. The van der Waals surface area contributed by atoms with E-state index in [4.69, 9.17) is 5.73 Å². The largest absolute Gasteiger partial charge is 0.399 e. The zero-order valence-corrected chi connectivity index (χ0v) is 11.8. The minimum atomic E-state index is -0.263. The number of thioether (sulfide) groups is 1. The summed E-state index contributed by atoms with van der Waals surface area (Å²) in [4.78, 5) is 14.5. The van der Waals surface area contributed by atoms with Crippen LogP contribution in [0.4, 0.5) is 11.4 Å². The van der Waals surface area contributed by atoms with E-state index in [1.165, 1.54) is 0 Å². The van der Waals surface area contributed by atoms with Crippen molar-refractivity contribution in [1.29, 1.82) is 0 Å². The molecule has 18 heavy (non-hydrogen) atoms. The molecule has 1 aliphatic rings. The van der Waals surface area contributed by atoms with Crippen LogP contribution in [0.1, 0.15) is 26.7 Å². The number of amides is 1. The highest BCUT2D eigenvalue weighted by molar-refractivity contribution is 8.01.